The van der Waals surface area contributed by atoms with Crippen molar-refractivity contribution < 1.29 is 4.39 Å². The number of H-pyrrole nitrogens is 1. The predicted octanol–water partition coefficient (Wildman–Crippen LogP) is 3.42. The van der Waals surface area contributed by atoms with Gasteiger partial charge in [-0.1, -0.05) is 11.6 Å². The van der Waals surface area contributed by atoms with Crippen molar-refractivity contribution >= 4 is 39.5 Å². The van der Waals surface area contributed by atoms with E-state index in [1.54, 1.807) is 18.3 Å². The number of hydrogen-bond acceptors (Lipinski definition) is 4. The normalized spacial score (nSPS) is 11.0. The van der Waals surface area contributed by atoms with E-state index in [1.807, 2.05) is 0 Å². The topological polar surface area (TPSA) is 53.6 Å². The molecule has 1 aromatic carbocycles. The monoisotopic (exact) mass is 282 g/mol. The van der Waals surface area contributed by atoms with Gasteiger partial charge in [-0.05, 0) is 12.1 Å². The average molecular weight is 283 g/mol. The molecule has 0 saturated carbocycles. The number of thiazole rings is 1. The van der Waals surface area contributed by atoms with Crippen LogP contribution in [0.2, 0.25) is 4.47 Å². The van der Waals surface area contributed by atoms with Gasteiger partial charge in [0.15, 0.2) is 10.3 Å². The molecule has 0 saturated heterocycles. The highest BCUT2D eigenvalue weighted by Crippen LogP contribution is 2.24. The van der Waals surface area contributed by atoms with Crippen LogP contribution in [0.5, 0.6) is 0 Å². The van der Waals surface area contributed by atoms with E-state index in [0.29, 0.717) is 27.6 Å². The molecule has 0 unspecified atom stereocenters. The van der Waals surface area contributed by atoms with Crippen molar-refractivity contribution in [3.63, 3.8) is 0 Å². The molecular formula is C11H8ClFN4S. The molecule has 0 aliphatic heterocycles. The van der Waals surface area contributed by atoms with Gasteiger partial charge in [0.2, 0.25) is 0 Å². The molecule has 0 fully saturated rings. The van der Waals surface area contributed by atoms with E-state index in [9.17, 15) is 4.39 Å². The average Bonchev–Trinajstić information content (AvgIpc) is 2.97. The molecule has 18 heavy (non-hydrogen) atoms. The zero-order chi connectivity index (χ0) is 12.5. The van der Waals surface area contributed by atoms with E-state index in [-0.39, 0.29) is 5.82 Å². The van der Waals surface area contributed by atoms with Gasteiger partial charge in [-0.2, -0.15) is 5.10 Å². The van der Waals surface area contributed by atoms with Crippen LogP contribution < -0.4 is 5.32 Å². The Morgan fingerprint density at radius 1 is 1.39 bits per heavy atom. The zero-order valence-electron chi connectivity index (χ0n) is 9.08. The quantitative estimate of drug-likeness (QED) is 0.774. The van der Waals surface area contributed by atoms with E-state index < -0.39 is 0 Å². The minimum atomic E-state index is -0.308. The Hall–Kier alpha value is -1.66. The summed E-state index contributed by atoms with van der Waals surface area (Å²) in [5.41, 5.74) is 1.12. The Kier molecular flexibility index (Phi) is 2.89. The van der Waals surface area contributed by atoms with Gasteiger partial charge in [0.05, 0.1) is 29.3 Å². The minimum Gasteiger partial charge on any atom is -0.378 e. The van der Waals surface area contributed by atoms with Gasteiger partial charge >= 0.3 is 0 Å². The highest BCUT2D eigenvalue weighted by molar-refractivity contribution is 7.15. The Morgan fingerprint density at radius 3 is 3.06 bits per heavy atom. The third kappa shape index (κ3) is 2.04. The summed E-state index contributed by atoms with van der Waals surface area (Å²) in [5, 5.41) is 10.0. The maximum atomic E-state index is 14.0. The number of anilines is 1. The van der Waals surface area contributed by atoms with Crippen LogP contribution >= 0.6 is 22.9 Å². The first-order valence-electron chi connectivity index (χ1n) is 5.19. The third-order valence-electron chi connectivity index (χ3n) is 2.54. The van der Waals surface area contributed by atoms with Crippen LogP contribution in [0.4, 0.5) is 10.1 Å². The molecule has 0 bridgehead atoms. The van der Waals surface area contributed by atoms with Gasteiger partial charge in [-0.25, -0.2) is 9.37 Å². The van der Waals surface area contributed by atoms with Crippen LogP contribution in [0.25, 0.3) is 10.9 Å². The lowest BCUT2D eigenvalue weighted by atomic mass is 10.2. The van der Waals surface area contributed by atoms with Gasteiger partial charge in [-0.15, -0.1) is 11.3 Å². The molecule has 0 aliphatic carbocycles. The number of hydrogen-bond donors (Lipinski definition) is 2. The summed E-state index contributed by atoms with van der Waals surface area (Å²) < 4.78 is 14.5. The van der Waals surface area contributed by atoms with Crippen molar-refractivity contribution in [2.45, 2.75) is 6.54 Å². The lowest BCUT2D eigenvalue weighted by Crippen LogP contribution is -1.99. The second-order valence-corrected chi connectivity index (χ2v) is 5.39. The van der Waals surface area contributed by atoms with Crippen LogP contribution in [0.3, 0.4) is 0 Å². The van der Waals surface area contributed by atoms with Gasteiger partial charge in [0.25, 0.3) is 0 Å². The molecule has 7 heteroatoms. The first kappa shape index (κ1) is 11.4. The molecule has 0 spiro atoms. The molecule has 0 aliphatic rings. The van der Waals surface area contributed by atoms with E-state index in [4.69, 9.17) is 11.6 Å². The second-order valence-electron chi connectivity index (χ2n) is 3.69. The Labute approximate surface area is 111 Å². The SMILES string of the molecule is Fc1c(NCc2cnc(Cl)s2)ccc2[nH]ncc12. The summed E-state index contributed by atoms with van der Waals surface area (Å²) >= 11 is 7.10. The maximum absolute atomic E-state index is 14.0. The third-order valence-corrected chi connectivity index (χ3v) is 3.65. The smallest absolute Gasteiger partial charge is 0.183 e. The van der Waals surface area contributed by atoms with Crippen molar-refractivity contribution in [1.82, 2.24) is 15.2 Å². The number of fused-ring (bicyclic) bond motifs is 1. The lowest BCUT2D eigenvalue weighted by Gasteiger charge is -2.06. The van der Waals surface area contributed by atoms with Gasteiger partial charge < -0.3 is 5.32 Å². The number of halogens is 2. The summed E-state index contributed by atoms with van der Waals surface area (Å²) in [6.07, 6.45) is 3.15. The van der Waals surface area contributed by atoms with Crippen molar-refractivity contribution in [3.05, 3.63) is 39.7 Å². The summed E-state index contributed by atoms with van der Waals surface area (Å²) in [5.74, 6) is -0.308. The van der Waals surface area contributed by atoms with Crippen LogP contribution in [-0.4, -0.2) is 15.2 Å². The summed E-state index contributed by atoms with van der Waals surface area (Å²) in [4.78, 5) is 4.88. The fourth-order valence-corrected chi connectivity index (χ4v) is 2.58. The number of nitrogens with zero attached hydrogens (tertiary/aromatic N) is 2. The molecule has 2 N–H and O–H groups in total. The number of benzene rings is 1. The van der Waals surface area contributed by atoms with Gasteiger partial charge in [-0.3, -0.25) is 5.10 Å². The maximum Gasteiger partial charge on any atom is 0.183 e. The van der Waals surface area contributed by atoms with E-state index in [1.165, 1.54) is 17.5 Å². The largest absolute Gasteiger partial charge is 0.378 e. The Balaban J connectivity index is 1.84. The van der Waals surface area contributed by atoms with Gasteiger partial charge in [0, 0.05) is 11.1 Å². The van der Waals surface area contributed by atoms with Crippen LogP contribution in [-0.2, 0) is 6.54 Å². The van der Waals surface area contributed by atoms with E-state index in [0.717, 1.165) is 4.88 Å². The number of aromatic nitrogens is 3. The molecule has 0 amide bonds. The van der Waals surface area contributed by atoms with Gasteiger partial charge in [0.1, 0.15) is 0 Å². The number of aromatic amines is 1. The summed E-state index contributed by atoms with van der Waals surface area (Å²) in [6.45, 7) is 0.491. The highest BCUT2D eigenvalue weighted by Gasteiger charge is 2.09. The summed E-state index contributed by atoms with van der Waals surface area (Å²) in [6, 6.07) is 3.46. The zero-order valence-corrected chi connectivity index (χ0v) is 10.6. The first-order chi connectivity index (χ1) is 8.74. The molecule has 92 valence electrons. The first-order valence-corrected chi connectivity index (χ1v) is 6.39. The number of rotatable bonds is 3. The highest BCUT2D eigenvalue weighted by atomic mass is 35.5. The molecule has 3 aromatic rings. The molecule has 2 heterocycles. The fraction of sp³-hybridized carbons (Fsp3) is 0.0909. The molecule has 2 aromatic heterocycles. The Morgan fingerprint density at radius 2 is 2.28 bits per heavy atom. The van der Waals surface area contributed by atoms with Crippen LogP contribution in [0.15, 0.2) is 24.5 Å². The number of nitrogens with one attached hydrogen (secondary N) is 2. The standard InChI is InChI=1S/C11H8ClFN4S/c12-11-15-4-6(18-11)3-14-9-2-1-8-7(10(9)13)5-16-17-8/h1-2,4-5,14H,3H2,(H,16,17). The fourth-order valence-electron chi connectivity index (χ4n) is 1.67. The predicted molar refractivity (Wildman–Crippen MR) is 70.5 cm³/mol. The second kappa shape index (κ2) is 4.55. The summed E-state index contributed by atoms with van der Waals surface area (Å²) in [7, 11) is 0. The molecule has 0 radical (unpaired) electrons. The molecule has 0 atom stereocenters. The molecular weight excluding hydrogens is 275 g/mol. The van der Waals surface area contributed by atoms with Crippen molar-refractivity contribution in [2.24, 2.45) is 0 Å². The van der Waals surface area contributed by atoms with Crippen LogP contribution in [0.1, 0.15) is 4.88 Å². The van der Waals surface area contributed by atoms with E-state index in [2.05, 4.69) is 20.5 Å². The lowest BCUT2D eigenvalue weighted by molar-refractivity contribution is 0.642. The van der Waals surface area contributed by atoms with Crippen molar-refractivity contribution in [1.29, 1.82) is 0 Å². The van der Waals surface area contributed by atoms with Crippen LogP contribution in [0, 0.1) is 5.82 Å². The van der Waals surface area contributed by atoms with Crippen molar-refractivity contribution in [3.8, 4) is 0 Å². The molecule has 3 rings (SSSR count). The minimum absolute atomic E-state index is 0.308. The molecule has 4 nitrogen and oxygen atoms in total. The van der Waals surface area contributed by atoms with E-state index >= 15 is 0 Å². The van der Waals surface area contributed by atoms with Crippen molar-refractivity contribution in [2.75, 3.05) is 5.32 Å². The Bertz CT molecular complexity index is 693.